The van der Waals surface area contributed by atoms with Crippen molar-refractivity contribution in [3.63, 3.8) is 0 Å². The van der Waals surface area contributed by atoms with Gasteiger partial charge in [0.05, 0.1) is 6.20 Å². The van der Waals surface area contributed by atoms with Gasteiger partial charge in [-0.3, -0.25) is 10.1 Å². The Morgan fingerprint density at radius 1 is 1.41 bits per heavy atom. The molecule has 0 unspecified atom stereocenters. The van der Waals surface area contributed by atoms with E-state index in [1.54, 1.807) is 18.5 Å². The third-order valence-electron chi connectivity index (χ3n) is 2.30. The number of nitrogens with zero attached hydrogens (tertiary/aromatic N) is 3. The van der Waals surface area contributed by atoms with Gasteiger partial charge in [-0.05, 0) is 12.1 Å². The normalized spacial score (nSPS) is 11.9. The van der Waals surface area contributed by atoms with E-state index in [1.165, 1.54) is 29.8 Å². The van der Waals surface area contributed by atoms with Crippen molar-refractivity contribution in [2.45, 2.75) is 11.4 Å². The van der Waals surface area contributed by atoms with Crippen molar-refractivity contribution in [1.29, 1.82) is 0 Å². The number of hydrogen-bond donors (Lipinski definition) is 1. The van der Waals surface area contributed by atoms with Crippen LogP contribution in [0.25, 0.3) is 0 Å². The molecule has 2 aromatic rings. The molecule has 0 spiro atoms. The topological polar surface area (TPSA) is 79.0 Å². The summed E-state index contributed by atoms with van der Waals surface area (Å²) in [5.41, 5.74) is 0.806. The van der Waals surface area contributed by atoms with Crippen LogP contribution in [0, 0.1) is 0 Å². The molecule has 0 radical (unpaired) electrons. The third-order valence-corrected chi connectivity index (χ3v) is 4.09. The molecular formula is C10H12N4O2S. The van der Waals surface area contributed by atoms with E-state index >= 15 is 0 Å². The number of aromatic nitrogens is 3. The number of H-pyrrole nitrogens is 1. The maximum Gasteiger partial charge on any atom is 0.244 e. The van der Waals surface area contributed by atoms with Crippen molar-refractivity contribution >= 4 is 10.0 Å². The zero-order valence-electron chi connectivity index (χ0n) is 9.24. The van der Waals surface area contributed by atoms with E-state index in [0.29, 0.717) is 0 Å². The fourth-order valence-corrected chi connectivity index (χ4v) is 2.51. The molecule has 2 aromatic heterocycles. The van der Waals surface area contributed by atoms with E-state index < -0.39 is 10.0 Å². The second-order valence-electron chi connectivity index (χ2n) is 3.56. The lowest BCUT2D eigenvalue weighted by atomic mass is 10.4. The van der Waals surface area contributed by atoms with Crippen LogP contribution >= 0.6 is 0 Å². The standard InChI is InChI=1S/C10H12N4O2S/c1-14(8-9-5-12-13-6-9)17(15,16)10-3-2-4-11-7-10/h2-7H,8H2,1H3,(H,12,13). The van der Waals surface area contributed by atoms with Crippen LogP contribution in [0.3, 0.4) is 0 Å². The lowest BCUT2D eigenvalue weighted by Crippen LogP contribution is -2.26. The number of rotatable bonds is 4. The minimum absolute atomic E-state index is 0.186. The van der Waals surface area contributed by atoms with Crippen LogP contribution in [0.1, 0.15) is 5.56 Å². The van der Waals surface area contributed by atoms with E-state index in [0.717, 1.165) is 5.56 Å². The molecule has 0 saturated heterocycles. The predicted octanol–water partition coefficient (Wildman–Crippen LogP) is 0.625. The maximum absolute atomic E-state index is 12.1. The van der Waals surface area contributed by atoms with Crippen molar-refractivity contribution in [3.8, 4) is 0 Å². The van der Waals surface area contributed by atoms with E-state index in [-0.39, 0.29) is 11.4 Å². The van der Waals surface area contributed by atoms with E-state index in [2.05, 4.69) is 15.2 Å². The summed E-state index contributed by atoms with van der Waals surface area (Å²) in [6.07, 6.45) is 6.13. The molecule has 0 aliphatic carbocycles. The van der Waals surface area contributed by atoms with Gasteiger partial charge in [0.25, 0.3) is 0 Å². The average molecular weight is 252 g/mol. The Balaban J connectivity index is 2.22. The second-order valence-corrected chi connectivity index (χ2v) is 5.60. The minimum atomic E-state index is -3.49. The van der Waals surface area contributed by atoms with Gasteiger partial charge in [-0.15, -0.1) is 0 Å². The lowest BCUT2D eigenvalue weighted by molar-refractivity contribution is 0.466. The third kappa shape index (κ3) is 2.51. The van der Waals surface area contributed by atoms with Crippen molar-refractivity contribution < 1.29 is 8.42 Å². The molecule has 7 heteroatoms. The fraction of sp³-hybridized carbons (Fsp3) is 0.200. The number of sulfonamides is 1. The summed E-state index contributed by atoms with van der Waals surface area (Å²) >= 11 is 0. The fourth-order valence-electron chi connectivity index (χ4n) is 1.39. The number of pyridine rings is 1. The maximum atomic E-state index is 12.1. The molecule has 0 atom stereocenters. The summed E-state index contributed by atoms with van der Waals surface area (Å²) < 4.78 is 25.5. The van der Waals surface area contributed by atoms with Crippen LogP contribution in [-0.4, -0.2) is 35.0 Å². The molecule has 90 valence electrons. The van der Waals surface area contributed by atoms with Crippen molar-refractivity contribution in [1.82, 2.24) is 19.5 Å². The number of hydrogen-bond acceptors (Lipinski definition) is 4. The van der Waals surface area contributed by atoms with Crippen LogP contribution in [0.5, 0.6) is 0 Å². The first-order valence-corrected chi connectivity index (χ1v) is 6.39. The SMILES string of the molecule is CN(Cc1cn[nH]c1)S(=O)(=O)c1cccnc1. The Bertz CT molecular complexity index is 566. The molecule has 0 aromatic carbocycles. The summed E-state index contributed by atoms with van der Waals surface area (Å²) in [6, 6.07) is 3.12. The van der Waals surface area contributed by atoms with Gasteiger partial charge < -0.3 is 0 Å². The van der Waals surface area contributed by atoms with Crippen LogP contribution < -0.4 is 0 Å². The molecule has 0 aliphatic heterocycles. The second kappa shape index (κ2) is 4.64. The smallest absolute Gasteiger partial charge is 0.244 e. The Morgan fingerprint density at radius 2 is 2.24 bits per heavy atom. The quantitative estimate of drug-likeness (QED) is 0.865. The first-order chi connectivity index (χ1) is 8.10. The largest absolute Gasteiger partial charge is 0.285 e. The molecule has 1 N–H and O–H groups in total. The first kappa shape index (κ1) is 11.7. The lowest BCUT2D eigenvalue weighted by Gasteiger charge is -2.15. The zero-order valence-corrected chi connectivity index (χ0v) is 10.1. The number of aromatic amines is 1. The van der Waals surface area contributed by atoms with Gasteiger partial charge in [-0.25, -0.2) is 8.42 Å². The van der Waals surface area contributed by atoms with Gasteiger partial charge >= 0.3 is 0 Å². The van der Waals surface area contributed by atoms with Gasteiger partial charge in [0, 0.05) is 37.7 Å². The highest BCUT2D eigenvalue weighted by atomic mass is 32.2. The van der Waals surface area contributed by atoms with E-state index in [9.17, 15) is 8.42 Å². The molecule has 2 heterocycles. The predicted molar refractivity (Wildman–Crippen MR) is 61.5 cm³/mol. The average Bonchev–Trinajstić information content (AvgIpc) is 2.83. The molecule has 0 bridgehead atoms. The highest BCUT2D eigenvalue weighted by Crippen LogP contribution is 2.14. The van der Waals surface area contributed by atoms with Crippen molar-refractivity contribution in [3.05, 3.63) is 42.5 Å². The molecule has 0 amide bonds. The van der Waals surface area contributed by atoms with Gasteiger partial charge in [0.2, 0.25) is 10.0 Å². The van der Waals surface area contributed by atoms with Crippen LogP contribution in [0.15, 0.2) is 41.8 Å². The summed E-state index contributed by atoms with van der Waals surface area (Å²) in [7, 11) is -1.96. The van der Waals surface area contributed by atoms with E-state index in [4.69, 9.17) is 0 Å². The molecule has 0 fully saturated rings. The highest BCUT2D eigenvalue weighted by Gasteiger charge is 2.20. The zero-order chi connectivity index (χ0) is 12.3. The molecular weight excluding hydrogens is 240 g/mol. The molecule has 2 rings (SSSR count). The Labute approximate surface area is 99.4 Å². The highest BCUT2D eigenvalue weighted by molar-refractivity contribution is 7.89. The molecule has 6 nitrogen and oxygen atoms in total. The summed E-state index contributed by atoms with van der Waals surface area (Å²) in [4.78, 5) is 3.99. The van der Waals surface area contributed by atoms with Gasteiger partial charge in [0.1, 0.15) is 4.90 Å². The van der Waals surface area contributed by atoms with E-state index in [1.807, 2.05) is 0 Å². The minimum Gasteiger partial charge on any atom is -0.285 e. The van der Waals surface area contributed by atoms with Crippen LogP contribution in [-0.2, 0) is 16.6 Å². The molecule has 0 saturated carbocycles. The Kier molecular flexibility index (Phi) is 3.21. The Morgan fingerprint density at radius 3 is 2.82 bits per heavy atom. The van der Waals surface area contributed by atoms with Crippen molar-refractivity contribution in [2.75, 3.05) is 7.05 Å². The number of nitrogens with one attached hydrogen (secondary N) is 1. The monoisotopic (exact) mass is 252 g/mol. The van der Waals surface area contributed by atoms with Crippen LogP contribution in [0.4, 0.5) is 0 Å². The van der Waals surface area contributed by atoms with Gasteiger partial charge in [0.15, 0.2) is 0 Å². The van der Waals surface area contributed by atoms with Crippen LogP contribution in [0.2, 0.25) is 0 Å². The molecule has 0 aliphatic rings. The summed E-state index contributed by atoms with van der Waals surface area (Å²) in [5.74, 6) is 0. The van der Waals surface area contributed by atoms with Crippen molar-refractivity contribution in [2.24, 2.45) is 0 Å². The summed E-state index contributed by atoms with van der Waals surface area (Å²) in [5, 5.41) is 6.41. The Hall–Kier alpha value is -1.73. The van der Waals surface area contributed by atoms with Gasteiger partial charge in [-0.2, -0.15) is 9.40 Å². The molecule has 17 heavy (non-hydrogen) atoms. The first-order valence-electron chi connectivity index (χ1n) is 4.95. The summed E-state index contributed by atoms with van der Waals surface area (Å²) in [6.45, 7) is 0.272. The van der Waals surface area contributed by atoms with Gasteiger partial charge in [-0.1, -0.05) is 0 Å².